The zero-order chi connectivity index (χ0) is 14.2. The molecular formula is C13H18ClN5. The first-order valence-electron chi connectivity index (χ1n) is 6.26. The third-order valence-corrected chi connectivity index (χ3v) is 3.67. The molecule has 2 aromatic rings. The van der Waals surface area contributed by atoms with E-state index in [0.717, 1.165) is 40.8 Å². The van der Waals surface area contributed by atoms with Crippen LogP contribution in [0.5, 0.6) is 0 Å². The minimum Gasteiger partial charge on any atom is -0.373 e. The maximum atomic E-state index is 6.21. The van der Waals surface area contributed by atoms with E-state index < -0.39 is 0 Å². The van der Waals surface area contributed by atoms with Crippen molar-refractivity contribution >= 4 is 17.4 Å². The summed E-state index contributed by atoms with van der Waals surface area (Å²) in [6, 6.07) is 0. The highest BCUT2D eigenvalue weighted by molar-refractivity contribution is 6.31. The summed E-state index contributed by atoms with van der Waals surface area (Å²) in [5, 5.41) is 8.24. The van der Waals surface area contributed by atoms with E-state index in [9.17, 15) is 0 Å². The van der Waals surface area contributed by atoms with Gasteiger partial charge in [-0.3, -0.25) is 0 Å². The van der Waals surface area contributed by atoms with Crippen molar-refractivity contribution in [2.24, 2.45) is 0 Å². The predicted octanol–water partition coefficient (Wildman–Crippen LogP) is 2.85. The number of anilines is 1. The van der Waals surface area contributed by atoms with Gasteiger partial charge >= 0.3 is 0 Å². The van der Waals surface area contributed by atoms with E-state index in [1.165, 1.54) is 0 Å². The third-order valence-electron chi connectivity index (χ3n) is 3.12. The van der Waals surface area contributed by atoms with Gasteiger partial charge in [-0.05, 0) is 20.8 Å². The van der Waals surface area contributed by atoms with E-state index >= 15 is 0 Å². The molecule has 0 amide bonds. The molecule has 1 N–H and O–H groups in total. The molecule has 0 radical (unpaired) electrons. The van der Waals surface area contributed by atoms with Crippen LogP contribution in [-0.2, 0) is 6.42 Å². The lowest BCUT2D eigenvalue weighted by molar-refractivity contribution is 0.775. The van der Waals surface area contributed by atoms with Crippen LogP contribution >= 0.6 is 11.6 Å². The van der Waals surface area contributed by atoms with E-state index in [2.05, 4.69) is 20.4 Å². The van der Waals surface area contributed by atoms with Gasteiger partial charge in [-0.1, -0.05) is 18.5 Å². The van der Waals surface area contributed by atoms with Gasteiger partial charge in [0.05, 0.1) is 16.4 Å². The minimum atomic E-state index is 0.682. The van der Waals surface area contributed by atoms with Crippen molar-refractivity contribution in [3.63, 3.8) is 0 Å². The zero-order valence-electron chi connectivity index (χ0n) is 11.9. The summed E-state index contributed by atoms with van der Waals surface area (Å²) < 4.78 is 1.79. The number of halogens is 1. The maximum Gasteiger partial charge on any atom is 0.162 e. The van der Waals surface area contributed by atoms with Crippen molar-refractivity contribution in [3.8, 4) is 5.82 Å². The first kappa shape index (κ1) is 13.8. The predicted molar refractivity (Wildman–Crippen MR) is 77.3 cm³/mol. The van der Waals surface area contributed by atoms with Gasteiger partial charge in [0.1, 0.15) is 11.6 Å². The van der Waals surface area contributed by atoms with Crippen LogP contribution in [0, 0.1) is 20.8 Å². The molecule has 0 bridgehead atoms. The van der Waals surface area contributed by atoms with E-state index in [1.807, 2.05) is 34.7 Å². The highest BCUT2D eigenvalue weighted by Gasteiger charge is 2.16. The molecule has 0 aliphatic rings. The molecule has 2 heterocycles. The lowest BCUT2D eigenvalue weighted by Gasteiger charge is -2.12. The SMILES string of the molecule is CCc1nc(NC)c(C)c(-n2nc(C)c(Cl)c2C)n1. The molecule has 0 fully saturated rings. The van der Waals surface area contributed by atoms with Crippen molar-refractivity contribution in [1.82, 2.24) is 19.7 Å². The summed E-state index contributed by atoms with van der Waals surface area (Å²) >= 11 is 6.21. The van der Waals surface area contributed by atoms with Crippen LogP contribution in [0.4, 0.5) is 5.82 Å². The molecule has 0 unspecified atom stereocenters. The van der Waals surface area contributed by atoms with Crippen LogP contribution in [0.3, 0.4) is 0 Å². The number of nitrogens with zero attached hydrogens (tertiary/aromatic N) is 4. The molecule has 0 aromatic carbocycles. The highest BCUT2D eigenvalue weighted by Crippen LogP contribution is 2.25. The first-order chi connectivity index (χ1) is 8.99. The Bertz CT molecular complexity index is 618. The molecule has 102 valence electrons. The van der Waals surface area contributed by atoms with Gasteiger partial charge < -0.3 is 5.32 Å². The van der Waals surface area contributed by atoms with Crippen molar-refractivity contribution < 1.29 is 0 Å². The Kier molecular flexibility index (Phi) is 3.75. The van der Waals surface area contributed by atoms with Gasteiger partial charge in [0, 0.05) is 19.0 Å². The standard InChI is InChI=1S/C13H18ClN5/c1-6-10-16-12(15-5)7(2)13(17-10)19-9(4)11(14)8(3)18-19/h6H2,1-5H3,(H,15,16,17). The lowest BCUT2D eigenvalue weighted by Crippen LogP contribution is -2.11. The number of aromatic nitrogens is 4. The Morgan fingerprint density at radius 1 is 1.21 bits per heavy atom. The second-order valence-electron chi connectivity index (χ2n) is 4.44. The monoisotopic (exact) mass is 279 g/mol. The molecular weight excluding hydrogens is 262 g/mol. The molecule has 0 aliphatic heterocycles. The Labute approximate surface area is 118 Å². The van der Waals surface area contributed by atoms with E-state index in [1.54, 1.807) is 4.68 Å². The Morgan fingerprint density at radius 2 is 1.89 bits per heavy atom. The minimum absolute atomic E-state index is 0.682. The summed E-state index contributed by atoms with van der Waals surface area (Å²) in [5.74, 6) is 2.39. The third kappa shape index (κ3) is 2.30. The summed E-state index contributed by atoms with van der Waals surface area (Å²) in [7, 11) is 1.85. The van der Waals surface area contributed by atoms with Crippen LogP contribution in [0.1, 0.15) is 29.7 Å². The average molecular weight is 280 g/mol. The van der Waals surface area contributed by atoms with Gasteiger partial charge in [-0.2, -0.15) is 5.10 Å². The van der Waals surface area contributed by atoms with Crippen LogP contribution in [-0.4, -0.2) is 26.8 Å². The van der Waals surface area contributed by atoms with Crippen molar-refractivity contribution in [3.05, 3.63) is 27.8 Å². The largest absolute Gasteiger partial charge is 0.373 e. The second-order valence-corrected chi connectivity index (χ2v) is 4.82. The average Bonchev–Trinajstić information content (AvgIpc) is 2.67. The van der Waals surface area contributed by atoms with Gasteiger partial charge in [0.15, 0.2) is 5.82 Å². The number of hydrogen-bond donors (Lipinski definition) is 1. The fraction of sp³-hybridized carbons (Fsp3) is 0.462. The summed E-state index contributed by atoms with van der Waals surface area (Å²) in [6.45, 7) is 7.84. The van der Waals surface area contributed by atoms with Gasteiger partial charge in [0.25, 0.3) is 0 Å². The van der Waals surface area contributed by atoms with E-state index in [0.29, 0.717) is 5.02 Å². The molecule has 0 atom stereocenters. The lowest BCUT2D eigenvalue weighted by atomic mass is 10.3. The van der Waals surface area contributed by atoms with E-state index in [4.69, 9.17) is 11.6 Å². The fourth-order valence-corrected chi connectivity index (χ4v) is 2.11. The van der Waals surface area contributed by atoms with Crippen molar-refractivity contribution in [1.29, 1.82) is 0 Å². The maximum absolute atomic E-state index is 6.21. The summed E-state index contributed by atoms with van der Waals surface area (Å²) in [4.78, 5) is 9.03. The number of aryl methyl sites for hydroxylation is 2. The molecule has 0 saturated carbocycles. The first-order valence-corrected chi connectivity index (χ1v) is 6.64. The van der Waals surface area contributed by atoms with Crippen molar-refractivity contribution in [2.45, 2.75) is 34.1 Å². The zero-order valence-corrected chi connectivity index (χ0v) is 12.6. The van der Waals surface area contributed by atoms with Crippen molar-refractivity contribution in [2.75, 3.05) is 12.4 Å². The smallest absolute Gasteiger partial charge is 0.162 e. The number of hydrogen-bond acceptors (Lipinski definition) is 4. The summed E-state index contributed by atoms with van der Waals surface area (Å²) in [5.41, 5.74) is 2.66. The molecule has 6 heteroatoms. The number of nitrogens with one attached hydrogen (secondary N) is 1. The molecule has 2 rings (SSSR count). The normalized spacial score (nSPS) is 10.8. The van der Waals surface area contributed by atoms with Crippen LogP contribution in [0.25, 0.3) is 5.82 Å². The second kappa shape index (κ2) is 5.17. The quantitative estimate of drug-likeness (QED) is 0.939. The molecule has 0 aliphatic carbocycles. The Balaban J connectivity index is 2.70. The Hall–Kier alpha value is -1.62. The van der Waals surface area contributed by atoms with Gasteiger partial charge in [-0.25, -0.2) is 14.6 Å². The topological polar surface area (TPSA) is 55.6 Å². The van der Waals surface area contributed by atoms with E-state index in [-0.39, 0.29) is 0 Å². The van der Waals surface area contributed by atoms with Gasteiger partial charge in [0.2, 0.25) is 0 Å². The number of rotatable bonds is 3. The Morgan fingerprint density at radius 3 is 2.37 bits per heavy atom. The molecule has 0 spiro atoms. The summed E-state index contributed by atoms with van der Waals surface area (Å²) in [6.07, 6.45) is 0.773. The van der Waals surface area contributed by atoms with Crippen LogP contribution < -0.4 is 5.32 Å². The highest BCUT2D eigenvalue weighted by atomic mass is 35.5. The molecule has 19 heavy (non-hydrogen) atoms. The fourth-order valence-electron chi connectivity index (χ4n) is 1.99. The molecule has 0 saturated heterocycles. The van der Waals surface area contributed by atoms with Crippen LogP contribution in [0.15, 0.2) is 0 Å². The molecule has 5 nitrogen and oxygen atoms in total. The molecule has 2 aromatic heterocycles. The van der Waals surface area contributed by atoms with Crippen LogP contribution in [0.2, 0.25) is 5.02 Å². The van der Waals surface area contributed by atoms with Gasteiger partial charge in [-0.15, -0.1) is 0 Å².